The van der Waals surface area contributed by atoms with E-state index in [0.717, 1.165) is 12.0 Å². The Morgan fingerprint density at radius 3 is 2.48 bits per heavy atom. The summed E-state index contributed by atoms with van der Waals surface area (Å²) in [6.07, 6.45) is 1.94. The first-order valence-electron chi connectivity index (χ1n) is 7.28. The number of hydrogen-bond acceptors (Lipinski definition) is 4. The summed E-state index contributed by atoms with van der Waals surface area (Å²) in [6, 6.07) is 6.56. The molecule has 1 unspecified atom stereocenters. The number of nitrogens with zero attached hydrogens (tertiary/aromatic N) is 1. The standard InChI is InChI=1S/C15H22NO4S/c1-3-10-16(11-4-5-14(17)12-16)20-21(18,19)15-8-6-13(2)7-9-15/h6-9H,3-5,10-12H2,1-2H3/q+1. The van der Waals surface area contributed by atoms with Crippen LogP contribution < -0.4 is 0 Å². The maximum absolute atomic E-state index is 12.4. The minimum absolute atomic E-state index is 0.0637. The lowest BCUT2D eigenvalue weighted by Crippen LogP contribution is -2.55. The Balaban J connectivity index is 2.27. The molecule has 0 N–H and O–H groups in total. The summed E-state index contributed by atoms with van der Waals surface area (Å²) < 4.78 is 30.3. The molecule has 116 valence electrons. The molecule has 1 saturated heterocycles. The predicted octanol–water partition coefficient (Wildman–Crippen LogP) is 2.21. The van der Waals surface area contributed by atoms with Crippen LogP contribution in [0, 0.1) is 6.92 Å². The zero-order valence-electron chi connectivity index (χ0n) is 12.5. The van der Waals surface area contributed by atoms with Crippen LogP contribution in [0.5, 0.6) is 0 Å². The van der Waals surface area contributed by atoms with Crippen LogP contribution in [0.15, 0.2) is 29.2 Å². The number of likely N-dealkylation sites (tertiary alicyclic amines) is 1. The van der Waals surface area contributed by atoms with Gasteiger partial charge in [-0.05, 0) is 25.5 Å². The predicted molar refractivity (Wildman–Crippen MR) is 78.8 cm³/mol. The maximum Gasteiger partial charge on any atom is 0.342 e. The Morgan fingerprint density at radius 1 is 1.24 bits per heavy atom. The fourth-order valence-corrected chi connectivity index (χ4v) is 3.87. The van der Waals surface area contributed by atoms with E-state index in [-0.39, 0.29) is 21.9 Å². The summed E-state index contributed by atoms with van der Waals surface area (Å²) in [5.74, 6) is 0.0637. The molecule has 0 amide bonds. The largest absolute Gasteiger partial charge is 0.342 e. The van der Waals surface area contributed by atoms with E-state index in [0.29, 0.717) is 25.9 Å². The molecular weight excluding hydrogens is 290 g/mol. The molecule has 0 aliphatic carbocycles. The van der Waals surface area contributed by atoms with Gasteiger partial charge in [0, 0.05) is 12.8 Å². The molecule has 1 heterocycles. The minimum atomic E-state index is -3.86. The highest BCUT2D eigenvalue weighted by molar-refractivity contribution is 7.86. The smallest absolute Gasteiger partial charge is 0.293 e. The van der Waals surface area contributed by atoms with Gasteiger partial charge < -0.3 is 0 Å². The van der Waals surface area contributed by atoms with Crippen LogP contribution in [0.25, 0.3) is 0 Å². The third-order valence-electron chi connectivity index (χ3n) is 3.68. The Bertz CT molecular complexity index is 605. The molecule has 6 heteroatoms. The van der Waals surface area contributed by atoms with E-state index in [9.17, 15) is 13.2 Å². The van der Waals surface area contributed by atoms with Gasteiger partial charge in [0.05, 0.1) is 4.90 Å². The average molecular weight is 312 g/mol. The molecule has 2 rings (SSSR count). The molecular formula is C15H22NO4S+. The van der Waals surface area contributed by atoms with E-state index in [2.05, 4.69) is 0 Å². The molecule has 0 saturated carbocycles. The van der Waals surface area contributed by atoms with Crippen LogP contribution in [-0.4, -0.2) is 38.5 Å². The Hall–Kier alpha value is -1.24. The van der Waals surface area contributed by atoms with Crippen molar-refractivity contribution in [3.63, 3.8) is 0 Å². The fraction of sp³-hybridized carbons (Fsp3) is 0.533. The molecule has 5 nitrogen and oxygen atoms in total. The van der Waals surface area contributed by atoms with E-state index in [1.807, 2.05) is 13.8 Å². The maximum atomic E-state index is 12.4. The van der Waals surface area contributed by atoms with Crippen LogP contribution in [-0.2, 0) is 19.2 Å². The molecule has 1 fully saturated rings. The monoisotopic (exact) mass is 312 g/mol. The van der Waals surface area contributed by atoms with E-state index < -0.39 is 10.1 Å². The summed E-state index contributed by atoms with van der Waals surface area (Å²) in [6.45, 7) is 5.08. The van der Waals surface area contributed by atoms with Crippen LogP contribution in [0.2, 0.25) is 0 Å². The van der Waals surface area contributed by atoms with Gasteiger partial charge in [0.25, 0.3) is 0 Å². The van der Waals surface area contributed by atoms with Gasteiger partial charge in [-0.15, -0.1) is 0 Å². The highest BCUT2D eigenvalue weighted by Crippen LogP contribution is 2.24. The molecule has 0 bridgehead atoms. The van der Waals surface area contributed by atoms with Crippen molar-refractivity contribution in [2.45, 2.75) is 38.0 Å². The second-order valence-corrected chi connectivity index (χ2v) is 7.18. The second kappa shape index (κ2) is 6.25. The van der Waals surface area contributed by atoms with Crippen LogP contribution >= 0.6 is 0 Å². The first-order chi connectivity index (χ1) is 9.87. The summed E-state index contributed by atoms with van der Waals surface area (Å²) in [5.41, 5.74) is 0.986. The molecule has 1 aliphatic rings. The third kappa shape index (κ3) is 3.90. The summed E-state index contributed by atoms with van der Waals surface area (Å²) in [5, 5.41) is 0. The number of hydroxylamine groups is 3. The normalized spacial score (nSPS) is 23.2. The zero-order chi connectivity index (χ0) is 15.5. The summed E-state index contributed by atoms with van der Waals surface area (Å²) >= 11 is 0. The molecule has 1 atom stereocenters. The number of carbonyl (C=O) groups is 1. The number of piperidine rings is 1. The highest BCUT2D eigenvalue weighted by Gasteiger charge is 2.40. The van der Waals surface area contributed by atoms with Crippen LogP contribution in [0.3, 0.4) is 0 Å². The lowest BCUT2D eigenvalue weighted by Gasteiger charge is -2.35. The van der Waals surface area contributed by atoms with Crippen molar-refractivity contribution in [3.05, 3.63) is 29.8 Å². The Labute approximate surface area is 126 Å². The average Bonchev–Trinajstić information content (AvgIpc) is 2.38. The van der Waals surface area contributed by atoms with Crippen molar-refractivity contribution < 1.29 is 22.1 Å². The molecule has 21 heavy (non-hydrogen) atoms. The number of rotatable bonds is 5. The van der Waals surface area contributed by atoms with Crippen molar-refractivity contribution in [1.82, 2.24) is 0 Å². The number of ketones is 1. The zero-order valence-corrected chi connectivity index (χ0v) is 13.4. The first kappa shape index (κ1) is 16.1. The van der Waals surface area contributed by atoms with Gasteiger partial charge in [-0.1, -0.05) is 28.9 Å². The van der Waals surface area contributed by atoms with Crippen molar-refractivity contribution in [1.29, 1.82) is 0 Å². The van der Waals surface area contributed by atoms with Crippen molar-refractivity contribution >= 4 is 15.9 Å². The fourth-order valence-electron chi connectivity index (χ4n) is 2.70. The van der Waals surface area contributed by atoms with Crippen LogP contribution in [0.1, 0.15) is 31.7 Å². The van der Waals surface area contributed by atoms with Gasteiger partial charge in [-0.2, -0.15) is 13.1 Å². The minimum Gasteiger partial charge on any atom is -0.293 e. The molecule has 1 aliphatic heterocycles. The number of carbonyl (C=O) groups excluding carboxylic acids is 1. The van der Waals surface area contributed by atoms with Gasteiger partial charge in [0.2, 0.25) is 0 Å². The van der Waals surface area contributed by atoms with Gasteiger partial charge >= 0.3 is 10.1 Å². The second-order valence-electron chi connectivity index (χ2n) is 5.65. The number of hydrogen-bond donors (Lipinski definition) is 0. The van der Waals surface area contributed by atoms with Crippen molar-refractivity contribution in [2.75, 3.05) is 19.6 Å². The van der Waals surface area contributed by atoms with Gasteiger partial charge in [-0.3, -0.25) is 4.79 Å². The quantitative estimate of drug-likeness (QED) is 0.782. The lowest BCUT2D eigenvalue weighted by atomic mass is 10.1. The molecule has 1 aromatic carbocycles. The Morgan fingerprint density at radius 2 is 1.90 bits per heavy atom. The van der Waals surface area contributed by atoms with E-state index in [1.165, 1.54) is 0 Å². The summed E-state index contributed by atoms with van der Waals surface area (Å²) in [7, 11) is -3.86. The SMILES string of the molecule is CCC[N+]1(OS(=O)(=O)c2ccc(C)cc2)CCCC(=O)C1. The van der Waals surface area contributed by atoms with Gasteiger partial charge in [0.15, 0.2) is 12.3 Å². The number of benzene rings is 1. The summed E-state index contributed by atoms with van der Waals surface area (Å²) in [4.78, 5) is 11.9. The number of quaternary nitrogens is 1. The molecule has 0 radical (unpaired) electrons. The molecule has 1 aromatic rings. The Kier molecular flexibility index (Phi) is 4.81. The van der Waals surface area contributed by atoms with Gasteiger partial charge in [-0.25, -0.2) is 0 Å². The third-order valence-corrected chi connectivity index (χ3v) is 5.04. The first-order valence-corrected chi connectivity index (χ1v) is 8.68. The van der Waals surface area contributed by atoms with Crippen molar-refractivity contribution in [2.24, 2.45) is 0 Å². The van der Waals surface area contributed by atoms with Gasteiger partial charge in [0.1, 0.15) is 13.1 Å². The van der Waals surface area contributed by atoms with E-state index in [1.54, 1.807) is 24.3 Å². The van der Waals surface area contributed by atoms with E-state index >= 15 is 0 Å². The van der Waals surface area contributed by atoms with Crippen molar-refractivity contribution in [3.8, 4) is 0 Å². The highest BCUT2D eigenvalue weighted by atomic mass is 32.2. The lowest BCUT2D eigenvalue weighted by molar-refractivity contribution is -1.08. The molecule has 0 aromatic heterocycles. The molecule has 0 spiro atoms. The number of aryl methyl sites for hydroxylation is 1. The van der Waals surface area contributed by atoms with E-state index in [4.69, 9.17) is 4.28 Å². The number of Topliss-reactive ketones (excluding diaryl/α,β-unsaturated/α-hetero) is 1. The topological polar surface area (TPSA) is 60.4 Å². The van der Waals surface area contributed by atoms with Crippen LogP contribution in [0.4, 0.5) is 0 Å².